The first-order valence-electron chi connectivity index (χ1n) is 10.4. The van der Waals surface area contributed by atoms with Crippen molar-refractivity contribution in [1.29, 1.82) is 0 Å². The van der Waals surface area contributed by atoms with E-state index in [1.54, 1.807) is 13.8 Å². The Bertz CT molecular complexity index is 326. The predicted octanol–water partition coefficient (Wildman–Crippen LogP) is 6.17. The minimum atomic E-state index is -0.339. The first kappa shape index (κ1) is 23.9. The van der Waals surface area contributed by atoms with Crippen LogP contribution in [0.1, 0.15) is 111 Å². The molecule has 0 aliphatic heterocycles. The number of unbranched alkanes of at least 4 members (excludes halogenated alkanes) is 12. The predicted molar refractivity (Wildman–Crippen MR) is 102 cm³/mol. The average Bonchev–Trinajstić information content (AvgIpc) is 2.58. The third-order valence-electron chi connectivity index (χ3n) is 4.38. The molecule has 0 aromatic rings. The van der Waals surface area contributed by atoms with Crippen molar-refractivity contribution >= 4 is 11.9 Å². The molecule has 0 rings (SSSR count). The molecule has 0 aliphatic carbocycles. The SMILES string of the molecule is CCCCCCCCCCCCCCCC(=O)OCOC(=O)C(C)C. The Kier molecular flexibility index (Phi) is 17.0. The second-order valence-electron chi connectivity index (χ2n) is 7.24. The van der Waals surface area contributed by atoms with E-state index in [0.29, 0.717) is 6.42 Å². The summed E-state index contributed by atoms with van der Waals surface area (Å²) in [6, 6.07) is 0. The van der Waals surface area contributed by atoms with Gasteiger partial charge in [0.25, 0.3) is 0 Å². The highest BCUT2D eigenvalue weighted by Gasteiger charge is 2.09. The zero-order chi connectivity index (χ0) is 18.8. The number of hydrogen-bond donors (Lipinski definition) is 0. The van der Waals surface area contributed by atoms with Crippen molar-refractivity contribution in [2.45, 2.75) is 111 Å². The average molecular weight is 357 g/mol. The van der Waals surface area contributed by atoms with Crippen LogP contribution in [0.2, 0.25) is 0 Å². The number of ether oxygens (including phenoxy) is 2. The molecule has 148 valence electrons. The van der Waals surface area contributed by atoms with Gasteiger partial charge in [0.15, 0.2) is 0 Å². The molecule has 0 radical (unpaired) electrons. The molecule has 0 unspecified atom stereocenters. The largest absolute Gasteiger partial charge is 0.428 e. The molecular weight excluding hydrogens is 316 g/mol. The van der Waals surface area contributed by atoms with Crippen LogP contribution < -0.4 is 0 Å². The molecule has 0 aromatic carbocycles. The van der Waals surface area contributed by atoms with Gasteiger partial charge in [-0.1, -0.05) is 97.8 Å². The standard InChI is InChI=1S/C21H40O4/c1-4-5-6-7-8-9-10-11-12-13-14-15-16-17-20(22)24-18-25-21(23)19(2)3/h19H,4-18H2,1-3H3. The third kappa shape index (κ3) is 17.6. The second kappa shape index (κ2) is 17.8. The summed E-state index contributed by atoms with van der Waals surface area (Å²) >= 11 is 0. The van der Waals surface area contributed by atoms with Gasteiger partial charge < -0.3 is 9.47 Å². The van der Waals surface area contributed by atoms with E-state index in [-0.39, 0.29) is 24.6 Å². The number of hydrogen-bond acceptors (Lipinski definition) is 4. The minimum Gasteiger partial charge on any atom is -0.428 e. The van der Waals surface area contributed by atoms with Crippen molar-refractivity contribution < 1.29 is 19.1 Å². The molecule has 0 aromatic heterocycles. The van der Waals surface area contributed by atoms with Crippen LogP contribution in [-0.2, 0) is 19.1 Å². The van der Waals surface area contributed by atoms with Gasteiger partial charge in [-0.2, -0.15) is 0 Å². The van der Waals surface area contributed by atoms with Crippen LogP contribution in [0.3, 0.4) is 0 Å². The summed E-state index contributed by atoms with van der Waals surface area (Å²) in [6.45, 7) is 5.50. The quantitative estimate of drug-likeness (QED) is 0.178. The van der Waals surface area contributed by atoms with E-state index in [2.05, 4.69) is 6.92 Å². The Labute approximate surface area is 155 Å². The Morgan fingerprint density at radius 3 is 1.56 bits per heavy atom. The summed E-state index contributed by atoms with van der Waals surface area (Å²) < 4.78 is 9.70. The van der Waals surface area contributed by atoms with Crippen LogP contribution in [0.5, 0.6) is 0 Å². The van der Waals surface area contributed by atoms with Crippen LogP contribution in [0.25, 0.3) is 0 Å². The zero-order valence-corrected chi connectivity index (χ0v) is 16.8. The van der Waals surface area contributed by atoms with Gasteiger partial charge in [-0.25, -0.2) is 0 Å². The molecule has 0 aliphatic rings. The molecule has 0 saturated heterocycles. The van der Waals surface area contributed by atoms with Crippen LogP contribution in [0.15, 0.2) is 0 Å². The van der Waals surface area contributed by atoms with Crippen molar-refractivity contribution in [3.63, 3.8) is 0 Å². The zero-order valence-electron chi connectivity index (χ0n) is 16.8. The number of carbonyl (C=O) groups excluding carboxylic acids is 2. The van der Waals surface area contributed by atoms with E-state index in [9.17, 15) is 9.59 Å². The maximum atomic E-state index is 11.5. The van der Waals surface area contributed by atoms with Crippen molar-refractivity contribution in [2.75, 3.05) is 6.79 Å². The molecule has 0 heterocycles. The summed E-state index contributed by atoms with van der Waals surface area (Å²) in [5, 5.41) is 0. The smallest absolute Gasteiger partial charge is 0.311 e. The van der Waals surface area contributed by atoms with Crippen molar-refractivity contribution in [1.82, 2.24) is 0 Å². The summed E-state index contributed by atoms with van der Waals surface area (Å²) in [7, 11) is 0. The van der Waals surface area contributed by atoms with Gasteiger partial charge in [-0.05, 0) is 6.42 Å². The highest BCUT2D eigenvalue weighted by atomic mass is 16.7. The lowest BCUT2D eigenvalue weighted by Crippen LogP contribution is -2.16. The molecule has 4 nitrogen and oxygen atoms in total. The second-order valence-corrected chi connectivity index (χ2v) is 7.24. The normalized spacial score (nSPS) is 10.9. The van der Waals surface area contributed by atoms with Crippen molar-refractivity contribution in [2.24, 2.45) is 5.92 Å². The fourth-order valence-corrected chi connectivity index (χ4v) is 2.68. The van der Waals surface area contributed by atoms with Gasteiger partial charge in [0, 0.05) is 6.42 Å². The van der Waals surface area contributed by atoms with E-state index in [0.717, 1.165) is 12.8 Å². The molecule has 0 amide bonds. The first-order valence-corrected chi connectivity index (χ1v) is 10.4. The highest BCUT2D eigenvalue weighted by molar-refractivity contribution is 5.72. The molecule has 25 heavy (non-hydrogen) atoms. The molecular formula is C21H40O4. The van der Waals surface area contributed by atoms with Gasteiger partial charge in [-0.15, -0.1) is 0 Å². The van der Waals surface area contributed by atoms with Gasteiger partial charge in [0.2, 0.25) is 6.79 Å². The van der Waals surface area contributed by atoms with E-state index in [4.69, 9.17) is 9.47 Å². The van der Waals surface area contributed by atoms with E-state index in [1.807, 2.05) is 0 Å². The van der Waals surface area contributed by atoms with Gasteiger partial charge in [0.05, 0.1) is 5.92 Å². The summed E-state index contributed by atoms with van der Waals surface area (Å²) in [6.07, 6.45) is 17.1. The fraction of sp³-hybridized carbons (Fsp3) is 0.905. The topological polar surface area (TPSA) is 52.6 Å². The van der Waals surface area contributed by atoms with E-state index < -0.39 is 0 Å². The van der Waals surface area contributed by atoms with Gasteiger partial charge >= 0.3 is 11.9 Å². The number of carbonyl (C=O) groups is 2. The fourth-order valence-electron chi connectivity index (χ4n) is 2.68. The van der Waals surface area contributed by atoms with E-state index >= 15 is 0 Å². The Balaban J connectivity index is 3.22. The molecule has 0 atom stereocenters. The lowest BCUT2D eigenvalue weighted by atomic mass is 10.0. The molecule has 0 N–H and O–H groups in total. The van der Waals surface area contributed by atoms with Crippen LogP contribution in [0, 0.1) is 5.92 Å². The maximum absolute atomic E-state index is 11.5. The maximum Gasteiger partial charge on any atom is 0.311 e. The van der Waals surface area contributed by atoms with Crippen molar-refractivity contribution in [3.8, 4) is 0 Å². The van der Waals surface area contributed by atoms with Crippen LogP contribution >= 0.6 is 0 Å². The Morgan fingerprint density at radius 2 is 1.12 bits per heavy atom. The lowest BCUT2D eigenvalue weighted by molar-refractivity contribution is -0.169. The third-order valence-corrected chi connectivity index (χ3v) is 4.38. The first-order chi connectivity index (χ1) is 12.1. The Hall–Kier alpha value is -1.06. The molecule has 0 saturated carbocycles. The van der Waals surface area contributed by atoms with Crippen LogP contribution in [-0.4, -0.2) is 18.7 Å². The van der Waals surface area contributed by atoms with E-state index in [1.165, 1.54) is 70.6 Å². The summed E-state index contributed by atoms with van der Waals surface area (Å²) in [5.41, 5.74) is 0. The molecule has 4 heteroatoms. The number of esters is 2. The lowest BCUT2D eigenvalue weighted by Gasteiger charge is -2.07. The van der Waals surface area contributed by atoms with Gasteiger partial charge in [0.1, 0.15) is 0 Å². The molecule has 0 spiro atoms. The molecule has 0 bridgehead atoms. The number of rotatable bonds is 17. The van der Waals surface area contributed by atoms with Gasteiger partial charge in [-0.3, -0.25) is 9.59 Å². The monoisotopic (exact) mass is 356 g/mol. The highest BCUT2D eigenvalue weighted by Crippen LogP contribution is 2.13. The summed E-state index contributed by atoms with van der Waals surface area (Å²) in [5.74, 6) is -0.812. The Morgan fingerprint density at radius 1 is 0.680 bits per heavy atom. The van der Waals surface area contributed by atoms with Crippen LogP contribution in [0.4, 0.5) is 0 Å². The minimum absolute atomic E-state index is 0.195. The molecule has 0 fully saturated rings. The summed E-state index contributed by atoms with van der Waals surface area (Å²) in [4.78, 5) is 22.7. The van der Waals surface area contributed by atoms with Crippen molar-refractivity contribution in [3.05, 3.63) is 0 Å².